The molecule has 2 nitrogen and oxygen atoms in total. The van der Waals surface area contributed by atoms with Crippen LogP contribution >= 0.6 is 15.9 Å². The second kappa shape index (κ2) is 3.73. The molecule has 1 atom stereocenters. The Kier molecular flexibility index (Phi) is 2.59. The predicted octanol–water partition coefficient (Wildman–Crippen LogP) is 2.65. The van der Waals surface area contributed by atoms with Gasteiger partial charge in [0.25, 0.3) is 0 Å². The lowest BCUT2D eigenvalue weighted by atomic mass is 9.78. The third kappa shape index (κ3) is 1.46. The van der Waals surface area contributed by atoms with Crippen LogP contribution in [-0.2, 0) is 16.0 Å². The lowest BCUT2D eigenvalue weighted by Crippen LogP contribution is -2.27. The minimum absolute atomic E-state index is 0.0394. The number of ether oxygens (including phenoxy) is 1. The van der Waals surface area contributed by atoms with Crippen LogP contribution in [0.1, 0.15) is 24.0 Å². The minimum Gasteiger partial charge on any atom is -0.466 e. The molecule has 0 bridgehead atoms. The Morgan fingerprint density at radius 1 is 1.64 bits per heavy atom. The van der Waals surface area contributed by atoms with Gasteiger partial charge in [-0.25, -0.2) is 0 Å². The fraction of sp³-hybridized carbons (Fsp3) is 0.364. The molecular weight excluding hydrogens is 244 g/mol. The largest absolute Gasteiger partial charge is 0.466 e. The summed E-state index contributed by atoms with van der Waals surface area (Å²) in [5.74, 6) is -0.138. The van der Waals surface area contributed by atoms with Gasteiger partial charge in [-0.15, -0.1) is 0 Å². The summed E-state index contributed by atoms with van der Waals surface area (Å²) in [4.78, 5) is 11.5. The first-order valence-electron chi connectivity index (χ1n) is 4.68. The smallest absolute Gasteiger partial charge is 0.313 e. The van der Waals surface area contributed by atoms with E-state index < -0.39 is 0 Å². The number of rotatable bonds is 2. The van der Waals surface area contributed by atoms with Crippen LogP contribution in [0, 0.1) is 0 Å². The van der Waals surface area contributed by atoms with E-state index in [1.807, 2.05) is 25.1 Å². The molecule has 0 N–H and O–H groups in total. The zero-order valence-corrected chi connectivity index (χ0v) is 9.50. The molecule has 1 aromatic carbocycles. The summed E-state index contributed by atoms with van der Waals surface area (Å²) in [6.07, 6.45) is 0.801. The minimum atomic E-state index is -0.0990. The number of carbonyl (C=O) groups excluding carboxylic acids is 1. The topological polar surface area (TPSA) is 26.3 Å². The SMILES string of the molecule is CCOC(=O)C1Cc2c(Br)cccc21. The molecule has 0 saturated carbocycles. The molecule has 0 radical (unpaired) electrons. The van der Waals surface area contributed by atoms with Gasteiger partial charge in [0.1, 0.15) is 0 Å². The van der Waals surface area contributed by atoms with Gasteiger partial charge in [0.15, 0.2) is 0 Å². The lowest BCUT2D eigenvalue weighted by Gasteiger charge is -2.29. The number of benzene rings is 1. The van der Waals surface area contributed by atoms with Crippen LogP contribution in [0.3, 0.4) is 0 Å². The maximum atomic E-state index is 11.5. The molecule has 1 aliphatic carbocycles. The van der Waals surface area contributed by atoms with Crippen LogP contribution in [0.2, 0.25) is 0 Å². The number of halogens is 1. The number of carbonyl (C=O) groups is 1. The maximum Gasteiger partial charge on any atom is 0.313 e. The van der Waals surface area contributed by atoms with Crippen molar-refractivity contribution < 1.29 is 9.53 Å². The highest BCUT2D eigenvalue weighted by Crippen LogP contribution is 2.40. The summed E-state index contributed by atoms with van der Waals surface area (Å²) < 4.78 is 6.08. The fourth-order valence-electron chi connectivity index (χ4n) is 1.75. The van der Waals surface area contributed by atoms with Gasteiger partial charge >= 0.3 is 5.97 Å². The molecule has 1 aromatic rings. The molecule has 0 spiro atoms. The first-order chi connectivity index (χ1) is 6.74. The molecule has 2 rings (SSSR count). The van der Waals surface area contributed by atoms with Crippen LogP contribution in [0.15, 0.2) is 22.7 Å². The van der Waals surface area contributed by atoms with Gasteiger partial charge in [0.05, 0.1) is 12.5 Å². The van der Waals surface area contributed by atoms with Gasteiger partial charge in [-0.05, 0) is 30.5 Å². The molecule has 0 saturated heterocycles. The fourth-order valence-corrected chi connectivity index (χ4v) is 2.30. The highest BCUT2D eigenvalue weighted by Gasteiger charge is 2.34. The zero-order valence-electron chi connectivity index (χ0n) is 7.92. The van der Waals surface area contributed by atoms with Crippen molar-refractivity contribution in [2.24, 2.45) is 0 Å². The standard InChI is InChI=1S/C11H11BrO2/c1-2-14-11(13)9-6-8-7(9)4-3-5-10(8)12/h3-5,9H,2,6H2,1H3. The van der Waals surface area contributed by atoms with E-state index in [2.05, 4.69) is 15.9 Å². The highest BCUT2D eigenvalue weighted by molar-refractivity contribution is 9.10. The zero-order chi connectivity index (χ0) is 10.1. The van der Waals surface area contributed by atoms with Gasteiger partial charge in [-0.3, -0.25) is 4.79 Å². The molecule has 1 unspecified atom stereocenters. The molecule has 0 aliphatic heterocycles. The third-order valence-corrected chi connectivity index (χ3v) is 3.25. The second-order valence-corrected chi connectivity index (χ2v) is 4.17. The van der Waals surface area contributed by atoms with Crippen LogP contribution in [0.25, 0.3) is 0 Å². The van der Waals surface area contributed by atoms with E-state index in [9.17, 15) is 4.79 Å². The molecule has 0 fully saturated rings. The van der Waals surface area contributed by atoms with Crippen molar-refractivity contribution in [3.8, 4) is 0 Å². The Balaban J connectivity index is 2.20. The summed E-state index contributed by atoms with van der Waals surface area (Å²) in [6.45, 7) is 2.29. The highest BCUT2D eigenvalue weighted by atomic mass is 79.9. The summed E-state index contributed by atoms with van der Waals surface area (Å²) >= 11 is 3.46. The molecule has 0 aromatic heterocycles. The van der Waals surface area contributed by atoms with E-state index in [0.29, 0.717) is 6.61 Å². The molecular formula is C11H11BrO2. The van der Waals surface area contributed by atoms with Crippen molar-refractivity contribution in [1.82, 2.24) is 0 Å². The molecule has 1 aliphatic rings. The molecule has 14 heavy (non-hydrogen) atoms. The Hall–Kier alpha value is -0.830. The van der Waals surface area contributed by atoms with Crippen molar-refractivity contribution in [1.29, 1.82) is 0 Å². The number of hydrogen-bond acceptors (Lipinski definition) is 2. The van der Waals surface area contributed by atoms with Crippen LogP contribution in [0.5, 0.6) is 0 Å². The molecule has 0 amide bonds. The predicted molar refractivity (Wildman–Crippen MR) is 57.2 cm³/mol. The van der Waals surface area contributed by atoms with E-state index in [1.165, 1.54) is 5.56 Å². The quantitative estimate of drug-likeness (QED) is 0.759. The summed E-state index contributed by atoms with van der Waals surface area (Å²) in [5, 5.41) is 0. The van der Waals surface area contributed by atoms with Crippen LogP contribution < -0.4 is 0 Å². The van der Waals surface area contributed by atoms with Gasteiger partial charge in [0.2, 0.25) is 0 Å². The third-order valence-electron chi connectivity index (χ3n) is 2.51. The number of hydrogen-bond donors (Lipinski definition) is 0. The van der Waals surface area contributed by atoms with Gasteiger partial charge in [0, 0.05) is 4.47 Å². The van der Waals surface area contributed by atoms with Crippen molar-refractivity contribution in [3.05, 3.63) is 33.8 Å². The Bertz CT molecular complexity index is 374. The average molecular weight is 255 g/mol. The molecule has 3 heteroatoms. The van der Waals surface area contributed by atoms with E-state index in [1.54, 1.807) is 0 Å². The van der Waals surface area contributed by atoms with E-state index in [4.69, 9.17) is 4.74 Å². The molecule has 0 heterocycles. The Morgan fingerprint density at radius 2 is 2.43 bits per heavy atom. The van der Waals surface area contributed by atoms with Gasteiger partial charge in [-0.2, -0.15) is 0 Å². The molecule has 74 valence electrons. The second-order valence-electron chi connectivity index (χ2n) is 3.32. The van der Waals surface area contributed by atoms with Crippen molar-refractivity contribution in [3.63, 3.8) is 0 Å². The van der Waals surface area contributed by atoms with Gasteiger partial charge < -0.3 is 4.74 Å². The monoisotopic (exact) mass is 254 g/mol. The number of fused-ring (bicyclic) bond motifs is 1. The van der Waals surface area contributed by atoms with Crippen LogP contribution in [-0.4, -0.2) is 12.6 Å². The lowest BCUT2D eigenvalue weighted by molar-refractivity contribution is -0.145. The van der Waals surface area contributed by atoms with Crippen molar-refractivity contribution >= 4 is 21.9 Å². The number of esters is 1. The first kappa shape index (κ1) is 9.71. The van der Waals surface area contributed by atoms with E-state index in [0.717, 1.165) is 16.5 Å². The van der Waals surface area contributed by atoms with E-state index >= 15 is 0 Å². The summed E-state index contributed by atoms with van der Waals surface area (Å²) in [6, 6.07) is 5.94. The average Bonchev–Trinajstić information content (AvgIpc) is 2.09. The maximum absolute atomic E-state index is 11.5. The summed E-state index contributed by atoms with van der Waals surface area (Å²) in [5.41, 5.74) is 2.35. The Labute approximate surface area is 91.4 Å². The van der Waals surface area contributed by atoms with E-state index in [-0.39, 0.29) is 11.9 Å². The summed E-state index contributed by atoms with van der Waals surface area (Å²) in [7, 11) is 0. The van der Waals surface area contributed by atoms with Crippen molar-refractivity contribution in [2.75, 3.05) is 6.61 Å². The van der Waals surface area contributed by atoms with Crippen molar-refractivity contribution in [2.45, 2.75) is 19.3 Å². The van der Waals surface area contributed by atoms with Crippen LogP contribution in [0.4, 0.5) is 0 Å². The normalized spacial score (nSPS) is 18.3. The first-order valence-corrected chi connectivity index (χ1v) is 5.47. The Morgan fingerprint density at radius 3 is 3.14 bits per heavy atom. The van der Waals surface area contributed by atoms with Gasteiger partial charge in [-0.1, -0.05) is 28.1 Å².